The van der Waals surface area contributed by atoms with Gasteiger partial charge in [-0.15, -0.1) is 6.58 Å². The molecule has 1 amide bonds. The Balaban J connectivity index is 1.47. The van der Waals surface area contributed by atoms with Crippen LogP contribution in [0.15, 0.2) is 48.2 Å². The Kier molecular flexibility index (Phi) is 6.50. The van der Waals surface area contributed by atoms with Gasteiger partial charge in [0.1, 0.15) is 23.6 Å². The minimum absolute atomic E-state index is 0.0721. The zero-order valence-corrected chi connectivity index (χ0v) is 22.0. The number of ether oxygens (including phenoxy) is 5. The number of hydrogen-bond donors (Lipinski definition) is 0. The fourth-order valence-corrected chi connectivity index (χ4v) is 5.11. The predicted octanol–water partition coefficient (Wildman–Crippen LogP) is 4.34. The van der Waals surface area contributed by atoms with E-state index in [1.54, 1.807) is 26.2 Å². The van der Waals surface area contributed by atoms with Gasteiger partial charge in [0, 0.05) is 29.4 Å². The van der Waals surface area contributed by atoms with Crippen LogP contribution in [0.4, 0.5) is 4.79 Å². The maximum Gasteiger partial charge on any atom is 0.415 e. The standard InChI is InChI=1S/C28H31N3O7/c1-7-17-13-28(17)26(32)38-25(30-28)20-11-18(14-31(20)27(33)36-15(3)4)37-22-12-23(35-8-2)29-24-16(5)21(34-6)10-9-19(22)24/h7,9-10,12,17-18,20H,1,3,8,11,13-14H2,2,4-6H3/t17?,18-,20+,28-/m1/s1. The summed E-state index contributed by atoms with van der Waals surface area (Å²) < 4.78 is 28.5. The van der Waals surface area contributed by atoms with Crippen molar-refractivity contribution in [3.63, 3.8) is 0 Å². The molecule has 4 atom stereocenters. The molecule has 0 N–H and O–H groups in total. The maximum atomic E-state index is 13.0. The van der Waals surface area contributed by atoms with E-state index in [4.69, 9.17) is 23.7 Å². The average molecular weight is 522 g/mol. The molecule has 1 aliphatic carbocycles. The number of nitrogens with zero attached hydrogens (tertiary/aromatic N) is 3. The third kappa shape index (κ3) is 4.33. The largest absolute Gasteiger partial charge is 0.496 e. The lowest BCUT2D eigenvalue weighted by molar-refractivity contribution is -0.136. The number of cyclic esters (lactones) is 1. The van der Waals surface area contributed by atoms with Gasteiger partial charge in [0.15, 0.2) is 5.54 Å². The zero-order chi connectivity index (χ0) is 27.2. The van der Waals surface area contributed by atoms with Crippen molar-refractivity contribution >= 4 is 28.9 Å². The number of methoxy groups -OCH3 is 1. The van der Waals surface area contributed by atoms with E-state index in [1.165, 1.54) is 4.90 Å². The van der Waals surface area contributed by atoms with Gasteiger partial charge in [-0.2, -0.15) is 0 Å². The highest BCUT2D eigenvalue weighted by Crippen LogP contribution is 2.52. The molecule has 1 spiro atoms. The van der Waals surface area contributed by atoms with Crippen molar-refractivity contribution in [2.24, 2.45) is 10.9 Å². The van der Waals surface area contributed by atoms with Gasteiger partial charge in [0.25, 0.3) is 0 Å². The number of amides is 1. The van der Waals surface area contributed by atoms with Crippen LogP contribution in [-0.4, -0.2) is 65.8 Å². The van der Waals surface area contributed by atoms with E-state index >= 15 is 0 Å². The van der Waals surface area contributed by atoms with Crippen molar-refractivity contribution in [1.29, 1.82) is 0 Å². The fourth-order valence-electron chi connectivity index (χ4n) is 5.11. The highest BCUT2D eigenvalue weighted by molar-refractivity contribution is 6.05. The number of rotatable bonds is 8. The van der Waals surface area contributed by atoms with Gasteiger partial charge in [-0.3, -0.25) is 4.90 Å². The first-order chi connectivity index (χ1) is 18.2. The molecule has 200 valence electrons. The number of likely N-dealkylation sites (tertiary alicyclic amines) is 1. The number of carbonyl (C=O) groups is 2. The summed E-state index contributed by atoms with van der Waals surface area (Å²) in [5.41, 5.74) is 0.620. The average Bonchev–Trinajstić information content (AvgIpc) is 3.27. The Morgan fingerprint density at radius 2 is 2.13 bits per heavy atom. The van der Waals surface area contributed by atoms with Crippen molar-refractivity contribution in [2.45, 2.75) is 51.3 Å². The van der Waals surface area contributed by atoms with E-state index in [0.29, 0.717) is 42.3 Å². The van der Waals surface area contributed by atoms with Crippen LogP contribution in [0.25, 0.3) is 10.9 Å². The van der Waals surface area contributed by atoms with Crippen molar-refractivity contribution in [3.8, 4) is 17.4 Å². The molecular formula is C28H31N3O7. The first kappa shape index (κ1) is 25.6. The number of pyridine rings is 1. The topological polar surface area (TPSA) is 109 Å². The first-order valence-corrected chi connectivity index (χ1v) is 12.6. The normalized spacial score (nSPS) is 25.7. The van der Waals surface area contributed by atoms with Gasteiger partial charge in [-0.05, 0) is 39.3 Å². The summed E-state index contributed by atoms with van der Waals surface area (Å²) in [6, 6.07) is 4.84. The third-order valence-electron chi connectivity index (χ3n) is 7.10. The third-order valence-corrected chi connectivity index (χ3v) is 7.10. The molecule has 3 heterocycles. The summed E-state index contributed by atoms with van der Waals surface area (Å²) >= 11 is 0. The van der Waals surface area contributed by atoms with Gasteiger partial charge in [0.2, 0.25) is 11.8 Å². The smallest absolute Gasteiger partial charge is 0.415 e. The molecule has 10 nitrogen and oxygen atoms in total. The number of hydrogen-bond acceptors (Lipinski definition) is 9. The SMILES string of the molecule is C=CC1C[C@@]12N=C([C@@H]1C[C@@H](Oc3cc(OCC)nc4c(C)c(OC)ccc34)CN1C(=O)OC(=C)C)OC2=O. The van der Waals surface area contributed by atoms with Gasteiger partial charge in [0.05, 0.1) is 31.5 Å². The van der Waals surface area contributed by atoms with Crippen molar-refractivity contribution in [1.82, 2.24) is 9.88 Å². The van der Waals surface area contributed by atoms with Crippen molar-refractivity contribution in [3.05, 3.63) is 48.8 Å². The lowest BCUT2D eigenvalue weighted by Crippen LogP contribution is -2.41. The summed E-state index contributed by atoms with van der Waals surface area (Å²) in [5.74, 6) is 1.63. The molecule has 38 heavy (non-hydrogen) atoms. The molecule has 2 aromatic rings. The molecule has 1 saturated carbocycles. The minimum atomic E-state index is -0.926. The van der Waals surface area contributed by atoms with Crippen molar-refractivity contribution < 1.29 is 33.3 Å². The molecule has 0 bridgehead atoms. The molecule has 1 saturated heterocycles. The molecular weight excluding hydrogens is 490 g/mol. The Morgan fingerprint density at radius 1 is 1.34 bits per heavy atom. The summed E-state index contributed by atoms with van der Waals surface area (Å²) in [7, 11) is 1.61. The molecule has 1 aromatic carbocycles. The van der Waals surface area contributed by atoms with E-state index in [-0.39, 0.29) is 24.1 Å². The van der Waals surface area contributed by atoms with Crippen LogP contribution in [0.1, 0.15) is 32.3 Å². The molecule has 1 unspecified atom stereocenters. The number of carbonyl (C=O) groups excluding carboxylic acids is 2. The fraction of sp³-hybridized carbons (Fsp3) is 0.429. The molecule has 2 fully saturated rings. The van der Waals surface area contributed by atoms with Crippen LogP contribution in [0.2, 0.25) is 0 Å². The Hall–Kier alpha value is -4.08. The lowest BCUT2D eigenvalue weighted by Gasteiger charge is -2.22. The Morgan fingerprint density at radius 3 is 2.79 bits per heavy atom. The minimum Gasteiger partial charge on any atom is -0.496 e. The van der Waals surface area contributed by atoms with Crippen LogP contribution in [-0.2, 0) is 14.3 Å². The van der Waals surface area contributed by atoms with E-state index < -0.39 is 29.7 Å². The molecule has 3 aliphatic rings. The van der Waals surface area contributed by atoms with Crippen LogP contribution >= 0.6 is 0 Å². The molecule has 1 aromatic heterocycles. The number of fused-ring (bicyclic) bond motifs is 1. The number of allylic oxidation sites excluding steroid dienone is 1. The quantitative estimate of drug-likeness (QED) is 0.287. The Bertz CT molecular complexity index is 1370. The van der Waals surface area contributed by atoms with E-state index in [2.05, 4.69) is 23.1 Å². The molecule has 2 aliphatic heterocycles. The number of aromatic nitrogens is 1. The summed E-state index contributed by atoms with van der Waals surface area (Å²) in [6.07, 6.45) is 1.54. The highest BCUT2D eigenvalue weighted by Gasteiger charge is 2.65. The van der Waals surface area contributed by atoms with Crippen LogP contribution in [0, 0.1) is 12.8 Å². The zero-order valence-electron chi connectivity index (χ0n) is 22.0. The maximum absolute atomic E-state index is 13.0. The predicted molar refractivity (Wildman–Crippen MR) is 140 cm³/mol. The van der Waals surface area contributed by atoms with Crippen LogP contribution in [0.5, 0.6) is 17.4 Å². The van der Waals surface area contributed by atoms with Gasteiger partial charge in [-0.25, -0.2) is 19.6 Å². The summed E-state index contributed by atoms with van der Waals surface area (Å²) in [6.45, 7) is 13.5. The number of esters is 1. The summed E-state index contributed by atoms with van der Waals surface area (Å²) in [5, 5.41) is 0.779. The second kappa shape index (κ2) is 9.66. The molecule has 5 rings (SSSR count). The highest BCUT2D eigenvalue weighted by atomic mass is 16.6. The monoisotopic (exact) mass is 521 g/mol. The number of aryl methyl sites for hydroxylation is 1. The number of benzene rings is 1. The van der Waals surface area contributed by atoms with Crippen molar-refractivity contribution in [2.75, 3.05) is 20.3 Å². The van der Waals surface area contributed by atoms with Crippen LogP contribution in [0.3, 0.4) is 0 Å². The Labute approximate surface area is 220 Å². The molecule has 10 heteroatoms. The number of aliphatic imine (C=N–C) groups is 1. The summed E-state index contributed by atoms with van der Waals surface area (Å²) in [4.78, 5) is 36.4. The first-order valence-electron chi connectivity index (χ1n) is 12.6. The molecule has 0 radical (unpaired) electrons. The second-order valence-corrected chi connectivity index (χ2v) is 9.70. The second-order valence-electron chi connectivity index (χ2n) is 9.70. The van der Waals surface area contributed by atoms with E-state index in [1.807, 2.05) is 26.0 Å². The van der Waals surface area contributed by atoms with Gasteiger partial charge < -0.3 is 23.7 Å². The van der Waals surface area contributed by atoms with Gasteiger partial charge in [-0.1, -0.05) is 12.7 Å². The van der Waals surface area contributed by atoms with Crippen LogP contribution < -0.4 is 14.2 Å². The van der Waals surface area contributed by atoms with E-state index in [9.17, 15) is 9.59 Å². The van der Waals surface area contributed by atoms with Gasteiger partial charge >= 0.3 is 12.1 Å². The lowest BCUT2D eigenvalue weighted by atomic mass is 10.1. The van der Waals surface area contributed by atoms with E-state index in [0.717, 1.165) is 10.9 Å².